The lowest BCUT2D eigenvalue weighted by Gasteiger charge is -2.23. The Labute approximate surface area is 101 Å². The maximum atomic E-state index is 4.29. The predicted molar refractivity (Wildman–Crippen MR) is 66.2 cm³/mol. The second-order valence-corrected chi connectivity index (χ2v) is 4.44. The molecule has 17 heavy (non-hydrogen) atoms. The summed E-state index contributed by atoms with van der Waals surface area (Å²) < 4.78 is 2.17. The highest BCUT2D eigenvalue weighted by atomic mass is 15.1. The molecule has 1 aliphatic heterocycles. The van der Waals surface area contributed by atoms with E-state index in [-0.39, 0.29) is 0 Å². The SMILES string of the molecule is c1cc(-n2cncc2C2CCCNC2)ccn1. The minimum atomic E-state index is 0.569. The molecule has 1 fully saturated rings. The molecule has 0 aliphatic carbocycles. The van der Waals surface area contributed by atoms with Gasteiger partial charge in [0.1, 0.15) is 0 Å². The van der Waals surface area contributed by atoms with Gasteiger partial charge in [-0.05, 0) is 31.5 Å². The largest absolute Gasteiger partial charge is 0.316 e. The molecule has 4 heteroatoms. The Morgan fingerprint density at radius 3 is 2.88 bits per heavy atom. The van der Waals surface area contributed by atoms with E-state index in [9.17, 15) is 0 Å². The Bertz CT molecular complexity index is 471. The van der Waals surface area contributed by atoms with Crippen LogP contribution >= 0.6 is 0 Å². The topological polar surface area (TPSA) is 42.7 Å². The molecule has 0 radical (unpaired) electrons. The van der Waals surface area contributed by atoms with Crippen LogP contribution in [0.25, 0.3) is 5.69 Å². The summed E-state index contributed by atoms with van der Waals surface area (Å²) >= 11 is 0. The van der Waals surface area contributed by atoms with Gasteiger partial charge in [-0.2, -0.15) is 0 Å². The van der Waals surface area contributed by atoms with E-state index in [0.29, 0.717) is 5.92 Å². The molecule has 0 saturated carbocycles. The monoisotopic (exact) mass is 228 g/mol. The number of imidazole rings is 1. The number of nitrogens with one attached hydrogen (secondary N) is 1. The predicted octanol–water partition coefficient (Wildman–Crippen LogP) is 1.73. The smallest absolute Gasteiger partial charge is 0.0994 e. The van der Waals surface area contributed by atoms with E-state index in [4.69, 9.17) is 0 Å². The van der Waals surface area contributed by atoms with Crippen LogP contribution in [-0.2, 0) is 0 Å². The number of nitrogens with zero attached hydrogens (tertiary/aromatic N) is 3. The zero-order valence-corrected chi connectivity index (χ0v) is 9.71. The van der Waals surface area contributed by atoms with Crippen LogP contribution in [0.5, 0.6) is 0 Å². The van der Waals surface area contributed by atoms with Gasteiger partial charge in [-0.3, -0.25) is 4.98 Å². The second kappa shape index (κ2) is 4.67. The van der Waals surface area contributed by atoms with Crippen LogP contribution in [0, 0.1) is 0 Å². The van der Waals surface area contributed by atoms with Crippen molar-refractivity contribution in [2.75, 3.05) is 13.1 Å². The van der Waals surface area contributed by atoms with Crippen molar-refractivity contribution < 1.29 is 0 Å². The third kappa shape index (κ3) is 2.08. The van der Waals surface area contributed by atoms with E-state index in [1.807, 2.05) is 37.1 Å². The summed E-state index contributed by atoms with van der Waals surface area (Å²) in [6, 6.07) is 4.03. The van der Waals surface area contributed by atoms with Crippen molar-refractivity contribution in [3.63, 3.8) is 0 Å². The average Bonchev–Trinajstić information content (AvgIpc) is 2.90. The Kier molecular flexibility index (Phi) is 2.88. The number of rotatable bonds is 2. The maximum Gasteiger partial charge on any atom is 0.0994 e. The van der Waals surface area contributed by atoms with Crippen LogP contribution in [0.2, 0.25) is 0 Å². The molecule has 0 amide bonds. The molecule has 0 aromatic carbocycles. The molecule has 2 aromatic heterocycles. The molecule has 1 saturated heterocycles. The van der Waals surface area contributed by atoms with Crippen LogP contribution in [0.4, 0.5) is 0 Å². The van der Waals surface area contributed by atoms with E-state index in [2.05, 4.69) is 19.9 Å². The van der Waals surface area contributed by atoms with Gasteiger partial charge in [-0.15, -0.1) is 0 Å². The van der Waals surface area contributed by atoms with Crippen molar-refractivity contribution in [3.8, 4) is 5.69 Å². The van der Waals surface area contributed by atoms with Gasteiger partial charge in [0.2, 0.25) is 0 Å². The lowest BCUT2D eigenvalue weighted by atomic mass is 9.96. The number of hydrogen-bond donors (Lipinski definition) is 1. The minimum absolute atomic E-state index is 0.569. The standard InChI is InChI=1S/C13H16N4/c1-2-11(8-15-5-1)13-9-16-10-17(13)12-3-6-14-7-4-12/h3-4,6-7,9-11,15H,1-2,5,8H2. The third-order valence-electron chi connectivity index (χ3n) is 3.32. The molecular formula is C13H16N4. The minimum Gasteiger partial charge on any atom is -0.316 e. The van der Waals surface area contributed by atoms with Crippen LogP contribution in [-0.4, -0.2) is 27.6 Å². The fourth-order valence-electron chi connectivity index (χ4n) is 2.43. The van der Waals surface area contributed by atoms with Crippen molar-refractivity contribution >= 4 is 0 Å². The van der Waals surface area contributed by atoms with E-state index in [1.54, 1.807) is 0 Å². The van der Waals surface area contributed by atoms with Gasteiger partial charge in [0.15, 0.2) is 0 Å². The molecule has 3 heterocycles. The van der Waals surface area contributed by atoms with Gasteiger partial charge in [-0.25, -0.2) is 4.98 Å². The first kappa shape index (κ1) is 10.5. The van der Waals surface area contributed by atoms with Crippen molar-refractivity contribution in [1.29, 1.82) is 0 Å². The summed E-state index contributed by atoms with van der Waals surface area (Å²) in [5.41, 5.74) is 2.43. The molecule has 1 atom stereocenters. The molecule has 1 aliphatic rings. The fourth-order valence-corrected chi connectivity index (χ4v) is 2.43. The zero-order valence-electron chi connectivity index (χ0n) is 9.71. The summed E-state index contributed by atoms with van der Waals surface area (Å²) in [4.78, 5) is 8.34. The van der Waals surface area contributed by atoms with Crippen LogP contribution < -0.4 is 5.32 Å². The molecule has 4 nitrogen and oxygen atoms in total. The lowest BCUT2D eigenvalue weighted by molar-refractivity contribution is 0.451. The summed E-state index contributed by atoms with van der Waals surface area (Å²) in [7, 11) is 0. The first-order chi connectivity index (χ1) is 8.45. The Morgan fingerprint density at radius 2 is 2.12 bits per heavy atom. The molecule has 1 unspecified atom stereocenters. The maximum absolute atomic E-state index is 4.29. The zero-order chi connectivity index (χ0) is 11.5. The normalized spacial score (nSPS) is 20.4. The average molecular weight is 228 g/mol. The lowest BCUT2D eigenvalue weighted by Crippen LogP contribution is -2.29. The molecule has 88 valence electrons. The number of pyridine rings is 1. The molecule has 0 spiro atoms. The van der Waals surface area contributed by atoms with E-state index < -0.39 is 0 Å². The number of aromatic nitrogens is 3. The summed E-state index contributed by atoms with van der Waals surface area (Å²) in [6.07, 6.45) is 9.99. The molecule has 3 rings (SSSR count). The van der Waals surface area contributed by atoms with E-state index in [0.717, 1.165) is 18.8 Å². The first-order valence-electron chi connectivity index (χ1n) is 6.08. The van der Waals surface area contributed by atoms with Crippen molar-refractivity contribution in [2.45, 2.75) is 18.8 Å². The first-order valence-corrected chi connectivity index (χ1v) is 6.08. The van der Waals surface area contributed by atoms with Crippen LogP contribution in [0.15, 0.2) is 37.1 Å². The number of hydrogen-bond acceptors (Lipinski definition) is 3. The van der Waals surface area contributed by atoms with E-state index >= 15 is 0 Å². The van der Waals surface area contributed by atoms with Crippen molar-refractivity contribution in [2.24, 2.45) is 0 Å². The van der Waals surface area contributed by atoms with E-state index in [1.165, 1.54) is 18.5 Å². The van der Waals surface area contributed by atoms with Crippen molar-refractivity contribution in [1.82, 2.24) is 19.9 Å². The summed E-state index contributed by atoms with van der Waals surface area (Å²) in [5, 5.41) is 3.45. The van der Waals surface area contributed by atoms with Crippen molar-refractivity contribution in [3.05, 3.63) is 42.7 Å². The second-order valence-electron chi connectivity index (χ2n) is 4.44. The molecule has 1 N–H and O–H groups in total. The van der Waals surface area contributed by atoms with Crippen LogP contribution in [0.1, 0.15) is 24.5 Å². The summed E-state index contributed by atoms with van der Waals surface area (Å²) in [6.45, 7) is 2.19. The Morgan fingerprint density at radius 1 is 1.24 bits per heavy atom. The Hall–Kier alpha value is -1.68. The highest BCUT2D eigenvalue weighted by Crippen LogP contribution is 2.24. The quantitative estimate of drug-likeness (QED) is 0.851. The molecular weight excluding hydrogens is 212 g/mol. The summed E-state index contributed by atoms with van der Waals surface area (Å²) in [5.74, 6) is 0.569. The Balaban J connectivity index is 1.93. The van der Waals surface area contributed by atoms with Gasteiger partial charge >= 0.3 is 0 Å². The third-order valence-corrected chi connectivity index (χ3v) is 3.32. The fraction of sp³-hybridized carbons (Fsp3) is 0.385. The highest BCUT2D eigenvalue weighted by molar-refractivity contribution is 5.32. The van der Waals surface area contributed by atoms with Gasteiger partial charge in [-0.1, -0.05) is 0 Å². The van der Waals surface area contributed by atoms with Crippen LogP contribution in [0.3, 0.4) is 0 Å². The van der Waals surface area contributed by atoms with Gasteiger partial charge in [0.05, 0.1) is 6.33 Å². The number of piperidine rings is 1. The van der Waals surface area contributed by atoms with Gasteiger partial charge in [0.25, 0.3) is 0 Å². The molecule has 0 bridgehead atoms. The van der Waals surface area contributed by atoms with Gasteiger partial charge < -0.3 is 9.88 Å². The van der Waals surface area contributed by atoms with Gasteiger partial charge in [0, 0.05) is 42.4 Å². The molecule has 2 aromatic rings. The highest BCUT2D eigenvalue weighted by Gasteiger charge is 2.19.